The molecule has 4 aromatic rings. The number of rotatable bonds is 6. The molecule has 1 aromatic heterocycles. The van der Waals surface area contributed by atoms with Crippen LogP contribution < -0.4 is 5.32 Å². The highest BCUT2D eigenvalue weighted by Gasteiger charge is 2.21. The second-order valence-electron chi connectivity index (χ2n) is 7.51. The number of hydrogen-bond acceptors (Lipinski definition) is 3. The minimum atomic E-state index is -0.678. The Balaban J connectivity index is 0.00000225. The molecule has 0 unspecified atom stereocenters. The molecular formula is C23H27ClN2O2. The number of hydrogen-bond donors (Lipinski definition) is 3. The van der Waals surface area contributed by atoms with Crippen molar-refractivity contribution in [2.75, 3.05) is 13.2 Å². The number of aryl methyl sites for hydroxylation is 1. The predicted octanol–water partition coefficient (Wildman–Crippen LogP) is 4.22. The summed E-state index contributed by atoms with van der Waals surface area (Å²) >= 11 is 0. The fraction of sp³-hybridized carbons (Fsp3) is 0.304. The van der Waals surface area contributed by atoms with E-state index in [1.807, 2.05) is 6.92 Å². The van der Waals surface area contributed by atoms with E-state index >= 15 is 0 Å². The lowest BCUT2D eigenvalue weighted by atomic mass is 10.0. The van der Waals surface area contributed by atoms with Crippen molar-refractivity contribution in [1.29, 1.82) is 0 Å². The van der Waals surface area contributed by atoms with Gasteiger partial charge in [-0.3, -0.25) is 0 Å². The van der Waals surface area contributed by atoms with Gasteiger partial charge in [0.05, 0.1) is 24.3 Å². The van der Waals surface area contributed by atoms with Crippen LogP contribution in [0.5, 0.6) is 0 Å². The topological polar surface area (TPSA) is 57.4 Å². The van der Waals surface area contributed by atoms with Gasteiger partial charge >= 0.3 is 0 Å². The van der Waals surface area contributed by atoms with Gasteiger partial charge in [0.1, 0.15) is 0 Å². The van der Waals surface area contributed by atoms with Crippen LogP contribution in [0.25, 0.3) is 32.6 Å². The predicted molar refractivity (Wildman–Crippen MR) is 119 cm³/mol. The molecule has 1 heterocycles. The molecule has 0 radical (unpaired) electrons. The standard InChI is InChI=1S/C23H26N2O2.ClH/c1-3-25-21-11-8-16(13-24-23(2,14-26)15-27)12-20(21)19-10-9-17-6-4-5-7-18(17)22(19)25;/h4-12,24,26-27H,3,13-15H2,1-2H3;1H. The van der Waals surface area contributed by atoms with Crippen molar-refractivity contribution in [3.05, 3.63) is 60.2 Å². The maximum atomic E-state index is 9.49. The van der Waals surface area contributed by atoms with Crippen molar-refractivity contribution >= 4 is 45.0 Å². The van der Waals surface area contributed by atoms with Crippen LogP contribution in [-0.4, -0.2) is 33.5 Å². The van der Waals surface area contributed by atoms with Crippen molar-refractivity contribution in [3.8, 4) is 0 Å². The van der Waals surface area contributed by atoms with Gasteiger partial charge in [0, 0.05) is 34.8 Å². The first-order valence-corrected chi connectivity index (χ1v) is 9.49. The first kappa shape index (κ1) is 20.6. The summed E-state index contributed by atoms with van der Waals surface area (Å²) in [6, 6.07) is 19.5. The Bertz CT molecular complexity index is 1120. The Morgan fingerprint density at radius 2 is 1.68 bits per heavy atom. The normalized spacial score (nSPS) is 12.0. The lowest BCUT2D eigenvalue weighted by Gasteiger charge is -2.26. The molecule has 0 saturated heterocycles. The molecule has 0 aliphatic rings. The van der Waals surface area contributed by atoms with Crippen LogP contribution in [0.4, 0.5) is 0 Å². The quantitative estimate of drug-likeness (QED) is 0.455. The third kappa shape index (κ3) is 3.38. The summed E-state index contributed by atoms with van der Waals surface area (Å²) in [6.07, 6.45) is 0. The summed E-state index contributed by atoms with van der Waals surface area (Å²) < 4.78 is 2.38. The molecule has 0 aliphatic heterocycles. The summed E-state index contributed by atoms with van der Waals surface area (Å²) in [6.45, 7) is 5.31. The summed E-state index contributed by atoms with van der Waals surface area (Å²) in [5, 5.41) is 27.3. The molecule has 0 atom stereocenters. The van der Waals surface area contributed by atoms with E-state index in [1.165, 1.54) is 32.6 Å². The largest absolute Gasteiger partial charge is 0.394 e. The number of nitrogens with one attached hydrogen (secondary N) is 1. The van der Waals surface area contributed by atoms with Gasteiger partial charge in [-0.05, 0) is 36.9 Å². The Hall–Kier alpha value is -2.11. The fourth-order valence-electron chi connectivity index (χ4n) is 3.83. The van der Waals surface area contributed by atoms with Crippen molar-refractivity contribution in [1.82, 2.24) is 9.88 Å². The van der Waals surface area contributed by atoms with Crippen molar-refractivity contribution in [2.45, 2.75) is 32.5 Å². The van der Waals surface area contributed by atoms with Gasteiger partial charge in [0.15, 0.2) is 0 Å². The maximum Gasteiger partial charge on any atom is 0.0633 e. The van der Waals surface area contributed by atoms with Crippen LogP contribution in [0.2, 0.25) is 0 Å². The molecule has 0 spiro atoms. The average molecular weight is 399 g/mol. The Morgan fingerprint density at radius 3 is 2.39 bits per heavy atom. The molecular weight excluding hydrogens is 372 g/mol. The average Bonchev–Trinajstić information content (AvgIpc) is 3.05. The van der Waals surface area contributed by atoms with Crippen molar-refractivity contribution in [2.24, 2.45) is 0 Å². The summed E-state index contributed by atoms with van der Waals surface area (Å²) in [7, 11) is 0. The Morgan fingerprint density at radius 1 is 0.929 bits per heavy atom. The lowest BCUT2D eigenvalue weighted by Crippen LogP contribution is -2.48. The van der Waals surface area contributed by atoms with Crippen LogP contribution in [0.1, 0.15) is 19.4 Å². The minimum Gasteiger partial charge on any atom is -0.394 e. The number of halogens is 1. The lowest BCUT2D eigenvalue weighted by molar-refractivity contribution is 0.103. The zero-order valence-corrected chi connectivity index (χ0v) is 17.1. The fourth-order valence-corrected chi connectivity index (χ4v) is 3.83. The van der Waals surface area contributed by atoms with Gasteiger partial charge < -0.3 is 20.1 Å². The molecule has 4 nitrogen and oxygen atoms in total. The third-order valence-electron chi connectivity index (χ3n) is 5.55. The van der Waals surface area contributed by atoms with Gasteiger partial charge in [-0.1, -0.05) is 42.5 Å². The molecule has 0 aliphatic carbocycles. The van der Waals surface area contributed by atoms with E-state index in [0.29, 0.717) is 6.54 Å². The van der Waals surface area contributed by atoms with Crippen molar-refractivity contribution < 1.29 is 10.2 Å². The third-order valence-corrected chi connectivity index (χ3v) is 5.55. The maximum absolute atomic E-state index is 9.49. The van der Waals surface area contributed by atoms with E-state index in [4.69, 9.17) is 0 Å². The number of aliphatic hydroxyl groups excluding tert-OH is 2. The van der Waals surface area contributed by atoms with Gasteiger partial charge in [-0.2, -0.15) is 0 Å². The molecule has 5 heteroatoms. The summed E-state index contributed by atoms with van der Waals surface area (Å²) in [5.41, 5.74) is 2.98. The van der Waals surface area contributed by atoms with Crippen molar-refractivity contribution in [3.63, 3.8) is 0 Å². The Kier molecular flexibility index (Phi) is 5.96. The van der Waals surface area contributed by atoms with Gasteiger partial charge in [0.2, 0.25) is 0 Å². The van der Waals surface area contributed by atoms with E-state index in [2.05, 4.69) is 71.4 Å². The molecule has 148 valence electrons. The zero-order chi connectivity index (χ0) is 19.0. The van der Waals surface area contributed by atoms with E-state index < -0.39 is 5.54 Å². The van der Waals surface area contributed by atoms with Crippen LogP contribution >= 0.6 is 12.4 Å². The van der Waals surface area contributed by atoms with Crippen LogP contribution in [0.3, 0.4) is 0 Å². The molecule has 0 fully saturated rings. The van der Waals surface area contributed by atoms with E-state index in [0.717, 1.165) is 12.1 Å². The highest BCUT2D eigenvalue weighted by Crippen LogP contribution is 2.34. The zero-order valence-electron chi connectivity index (χ0n) is 16.3. The summed E-state index contributed by atoms with van der Waals surface area (Å²) in [4.78, 5) is 0. The van der Waals surface area contributed by atoms with Crippen LogP contribution in [-0.2, 0) is 13.1 Å². The monoisotopic (exact) mass is 398 g/mol. The van der Waals surface area contributed by atoms with Gasteiger partial charge in [-0.25, -0.2) is 0 Å². The second-order valence-corrected chi connectivity index (χ2v) is 7.51. The second kappa shape index (κ2) is 8.10. The minimum absolute atomic E-state index is 0. The molecule has 28 heavy (non-hydrogen) atoms. The number of aliphatic hydroxyl groups is 2. The molecule has 3 aromatic carbocycles. The van der Waals surface area contributed by atoms with Gasteiger partial charge in [-0.15, -0.1) is 12.4 Å². The van der Waals surface area contributed by atoms with E-state index in [-0.39, 0.29) is 25.6 Å². The highest BCUT2D eigenvalue weighted by atomic mass is 35.5. The highest BCUT2D eigenvalue weighted by molar-refractivity contribution is 6.17. The molecule has 0 saturated carbocycles. The molecule has 0 amide bonds. The molecule has 0 bridgehead atoms. The number of fused-ring (bicyclic) bond motifs is 5. The van der Waals surface area contributed by atoms with Crippen LogP contribution in [0.15, 0.2) is 54.6 Å². The Labute approximate surface area is 171 Å². The molecule has 4 rings (SSSR count). The van der Waals surface area contributed by atoms with Crippen LogP contribution in [0, 0.1) is 0 Å². The number of benzene rings is 3. The smallest absolute Gasteiger partial charge is 0.0633 e. The first-order valence-electron chi connectivity index (χ1n) is 9.49. The SMILES string of the molecule is CCn1c2ccc(CNC(C)(CO)CO)cc2c2ccc3ccccc3c21.Cl. The number of nitrogens with zero attached hydrogens (tertiary/aromatic N) is 1. The number of aromatic nitrogens is 1. The summed E-state index contributed by atoms with van der Waals surface area (Å²) in [5.74, 6) is 0. The molecule has 3 N–H and O–H groups in total. The van der Waals surface area contributed by atoms with Gasteiger partial charge in [0.25, 0.3) is 0 Å². The van der Waals surface area contributed by atoms with E-state index in [1.54, 1.807) is 0 Å². The first-order chi connectivity index (χ1) is 13.1. The van der Waals surface area contributed by atoms with E-state index in [9.17, 15) is 10.2 Å².